The quantitative estimate of drug-likeness (QED) is 0.898. The Morgan fingerprint density at radius 3 is 2.65 bits per heavy atom. The van der Waals surface area contributed by atoms with Crippen molar-refractivity contribution >= 4 is 23.2 Å². The van der Waals surface area contributed by atoms with Gasteiger partial charge in [0.1, 0.15) is 11.9 Å². The smallest absolute Gasteiger partial charge is 0.140 e. The predicted octanol–water partition coefficient (Wildman–Crippen LogP) is 4.25. The lowest BCUT2D eigenvalue weighted by atomic mass is 10.0. The summed E-state index contributed by atoms with van der Waals surface area (Å²) in [7, 11) is 0. The summed E-state index contributed by atoms with van der Waals surface area (Å²) in [5.74, 6) is 0.636. The van der Waals surface area contributed by atoms with Gasteiger partial charge < -0.3 is 10.5 Å². The Kier molecular flexibility index (Phi) is 5.24. The fourth-order valence-corrected chi connectivity index (χ4v) is 2.15. The molecule has 2 N–H and O–H groups in total. The van der Waals surface area contributed by atoms with Gasteiger partial charge in [-0.2, -0.15) is 0 Å². The number of nitrogens with zero attached hydrogens (tertiary/aromatic N) is 1. The third-order valence-corrected chi connectivity index (χ3v) is 3.77. The van der Waals surface area contributed by atoms with Crippen LogP contribution in [0.25, 0.3) is 0 Å². The highest BCUT2D eigenvalue weighted by molar-refractivity contribution is 6.42. The molecule has 1 heterocycles. The van der Waals surface area contributed by atoms with E-state index in [0.717, 1.165) is 12.0 Å². The summed E-state index contributed by atoms with van der Waals surface area (Å²) in [6.07, 6.45) is 4.00. The number of ether oxygens (including phenoxy) is 1. The molecule has 3 nitrogen and oxygen atoms in total. The highest BCUT2D eigenvalue weighted by atomic mass is 35.5. The molecule has 1 aromatic heterocycles. The molecule has 20 heavy (non-hydrogen) atoms. The van der Waals surface area contributed by atoms with E-state index in [1.54, 1.807) is 30.6 Å². The molecule has 2 rings (SSSR count). The predicted molar refractivity (Wildman–Crippen MR) is 82.3 cm³/mol. The summed E-state index contributed by atoms with van der Waals surface area (Å²) < 4.78 is 5.98. The van der Waals surface area contributed by atoms with Gasteiger partial charge in [0.25, 0.3) is 0 Å². The lowest BCUT2D eigenvalue weighted by Gasteiger charge is -2.24. The Balaban J connectivity index is 2.26. The van der Waals surface area contributed by atoms with Gasteiger partial charge >= 0.3 is 0 Å². The zero-order chi connectivity index (χ0) is 14.5. The number of benzene rings is 1. The van der Waals surface area contributed by atoms with Crippen LogP contribution in [-0.4, -0.2) is 11.0 Å². The van der Waals surface area contributed by atoms with Gasteiger partial charge in [0, 0.05) is 30.1 Å². The fourth-order valence-electron chi connectivity index (χ4n) is 1.86. The first-order valence-corrected chi connectivity index (χ1v) is 7.14. The molecule has 0 bridgehead atoms. The minimum atomic E-state index is -0.272. The van der Waals surface area contributed by atoms with Crippen molar-refractivity contribution in [3.05, 3.63) is 58.3 Å². The van der Waals surface area contributed by atoms with E-state index in [4.69, 9.17) is 33.7 Å². The lowest BCUT2D eigenvalue weighted by molar-refractivity contribution is 0.170. The molecule has 0 amide bonds. The van der Waals surface area contributed by atoms with Gasteiger partial charge in [0.05, 0.1) is 10.0 Å². The largest absolute Gasteiger partial charge is 0.484 e. The Morgan fingerprint density at radius 2 is 2.05 bits per heavy atom. The van der Waals surface area contributed by atoms with Crippen LogP contribution in [0.4, 0.5) is 0 Å². The van der Waals surface area contributed by atoms with Crippen molar-refractivity contribution in [3.63, 3.8) is 0 Å². The van der Waals surface area contributed by atoms with Crippen LogP contribution < -0.4 is 10.5 Å². The fraction of sp³-hybridized carbons (Fsp3) is 0.267. The van der Waals surface area contributed by atoms with Crippen molar-refractivity contribution in [3.8, 4) is 5.75 Å². The molecule has 0 radical (unpaired) electrons. The molecule has 0 aliphatic carbocycles. The van der Waals surface area contributed by atoms with Crippen LogP contribution in [0.2, 0.25) is 10.0 Å². The molecular weight excluding hydrogens is 295 g/mol. The summed E-state index contributed by atoms with van der Waals surface area (Å²) >= 11 is 11.9. The van der Waals surface area contributed by atoms with E-state index >= 15 is 0 Å². The van der Waals surface area contributed by atoms with E-state index < -0.39 is 0 Å². The molecule has 0 aliphatic rings. The van der Waals surface area contributed by atoms with E-state index in [2.05, 4.69) is 4.98 Å². The summed E-state index contributed by atoms with van der Waals surface area (Å²) in [4.78, 5) is 4.11. The van der Waals surface area contributed by atoms with Crippen LogP contribution in [0, 0.1) is 0 Å². The Labute approximate surface area is 128 Å². The average Bonchev–Trinajstić information content (AvgIpc) is 2.48. The van der Waals surface area contributed by atoms with Crippen LogP contribution in [0.1, 0.15) is 25.0 Å². The molecular formula is C15H16Cl2N2O. The molecule has 2 atom stereocenters. The van der Waals surface area contributed by atoms with Crippen LogP contribution in [0.3, 0.4) is 0 Å². The van der Waals surface area contributed by atoms with Gasteiger partial charge in [-0.25, -0.2) is 0 Å². The molecule has 0 saturated carbocycles. The molecule has 106 valence electrons. The summed E-state index contributed by atoms with van der Waals surface area (Å²) in [6.45, 7) is 2.02. The van der Waals surface area contributed by atoms with Crippen molar-refractivity contribution in [2.45, 2.75) is 25.5 Å². The normalized spacial score (nSPS) is 13.8. The van der Waals surface area contributed by atoms with Crippen LogP contribution in [0.15, 0.2) is 42.7 Å². The minimum absolute atomic E-state index is 0.131. The monoisotopic (exact) mass is 310 g/mol. The highest BCUT2D eigenvalue weighted by Gasteiger charge is 2.21. The second kappa shape index (κ2) is 6.93. The zero-order valence-electron chi connectivity index (χ0n) is 11.1. The molecule has 5 heteroatoms. The second-order valence-corrected chi connectivity index (χ2v) is 5.29. The van der Waals surface area contributed by atoms with Crippen molar-refractivity contribution in [2.24, 2.45) is 5.73 Å². The Morgan fingerprint density at radius 1 is 1.25 bits per heavy atom. The molecule has 1 aromatic carbocycles. The Hall–Kier alpha value is -1.29. The van der Waals surface area contributed by atoms with Crippen molar-refractivity contribution in [2.75, 3.05) is 0 Å². The van der Waals surface area contributed by atoms with Gasteiger partial charge in [-0.05, 0) is 24.6 Å². The first-order valence-electron chi connectivity index (χ1n) is 6.39. The molecule has 0 fully saturated rings. The van der Waals surface area contributed by atoms with E-state index in [9.17, 15) is 0 Å². The molecule has 2 unspecified atom stereocenters. The number of pyridine rings is 1. The van der Waals surface area contributed by atoms with Crippen LogP contribution in [0.5, 0.6) is 5.75 Å². The van der Waals surface area contributed by atoms with Crippen LogP contribution in [-0.2, 0) is 0 Å². The van der Waals surface area contributed by atoms with Gasteiger partial charge in [-0.1, -0.05) is 36.2 Å². The standard InChI is InChI=1S/C15H16Cl2N2O/c1-2-14(18)15(10-4-3-7-19-9-10)20-11-5-6-12(16)13(17)8-11/h3-9,14-15H,2,18H2,1H3. The summed E-state index contributed by atoms with van der Waals surface area (Å²) in [6, 6.07) is 8.86. The maximum Gasteiger partial charge on any atom is 0.140 e. The van der Waals surface area contributed by atoms with E-state index in [1.165, 1.54) is 0 Å². The molecule has 2 aromatic rings. The maximum absolute atomic E-state index is 6.15. The highest BCUT2D eigenvalue weighted by Crippen LogP contribution is 2.30. The number of nitrogens with two attached hydrogens (primary N) is 1. The first kappa shape index (κ1) is 15.1. The second-order valence-electron chi connectivity index (χ2n) is 4.47. The number of halogens is 2. The van der Waals surface area contributed by atoms with Gasteiger partial charge in [-0.3, -0.25) is 4.98 Å². The third-order valence-electron chi connectivity index (χ3n) is 3.03. The van der Waals surface area contributed by atoms with Crippen molar-refractivity contribution < 1.29 is 4.74 Å². The summed E-state index contributed by atoms with van der Waals surface area (Å²) in [5, 5.41) is 0.955. The number of rotatable bonds is 5. The Bertz CT molecular complexity index is 563. The minimum Gasteiger partial charge on any atom is -0.484 e. The van der Waals surface area contributed by atoms with Gasteiger partial charge in [0.2, 0.25) is 0 Å². The zero-order valence-corrected chi connectivity index (χ0v) is 12.6. The molecule has 0 spiro atoms. The maximum atomic E-state index is 6.15. The van der Waals surface area contributed by atoms with Gasteiger partial charge in [-0.15, -0.1) is 0 Å². The molecule has 0 saturated heterocycles. The first-order chi connectivity index (χ1) is 9.61. The van der Waals surface area contributed by atoms with Crippen LogP contribution >= 0.6 is 23.2 Å². The number of aromatic nitrogens is 1. The topological polar surface area (TPSA) is 48.1 Å². The van der Waals surface area contributed by atoms with E-state index in [0.29, 0.717) is 15.8 Å². The molecule has 0 aliphatic heterocycles. The third kappa shape index (κ3) is 3.63. The van der Waals surface area contributed by atoms with E-state index in [-0.39, 0.29) is 12.1 Å². The average molecular weight is 311 g/mol. The van der Waals surface area contributed by atoms with Crippen molar-refractivity contribution in [1.82, 2.24) is 4.98 Å². The SMILES string of the molecule is CCC(N)C(Oc1ccc(Cl)c(Cl)c1)c1cccnc1. The van der Waals surface area contributed by atoms with Crippen molar-refractivity contribution in [1.29, 1.82) is 0 Å². The summed E-state index contributed by atoms with van der Waals surface area (Å²) in [5.41, 5.74) is 7.09. The number of hydrogen-bond acceptors (Lipinski definition) is 3. The van der Waals surface area contributed by atoms with Gasteiger partial charge in [0.15, 0.2) is 0 Å². The van der Waals surface area contributed by atoms with E-state index in [1.807, 2.05) is 19.1 Å². The number of hydrogen-bond donors (Lipinski definition) is 1. The lowest BCUT2D eigenvalue weighted by Crippen LogP contribution is -2.31.